The molecule has 1 aliphatic heterocycles. The Kier molecular flexibility index (Phi) is 4.67. The average molecular weight is 290 g/mol. The van der Waals surface area contributed by atoms with Crippen molar-refractivity contribution in [3.05, 3.63) is 23.8 Å². The highest BCUT2D eigenvalue weighted by atomic mass is 16.2. The van der Waals surface area contributed by atoms with E-state index in [9.17, 15) is 9.59 Å². The van der Waals surface area contributed by atoms with E-state index in [-0.39, 0.29) is 17.9 Å². The summed E-state index contributed by atoms with van der Waals surface area (Å²) >= 11 is 0. The van der Waals surface area contributed by atoms with E-state index < -0.39 is 0 Å². The third-order valence-electron chi connectivity index (χ3n) is 3.74. The van der Waals surface area contributed by atoms with Crippen LogP contribution in [0.2, 0.25) is 0 Å². The van der Waals surface area contributed by atoms with Crippen LogP contribution in [0.5, 0.6) is 0 Å². The molecule has 6 heteroatoms. The SMILES string of the molecule is CCNC(=O)c1ccc(N)c(N2CCCC2C(=O)NC)c1. The molecule has 0 aliphatic carbocycles. The fourth-order valence-electron chi connectivity index (χ4n) is 2.69. The molecular weight excluding hydrogens is 268 g/mol. The molecule has 0 aromatic heterocycles. The van der Waals surface area contributed by atoms with Gasteiger partial charge in [-0.2, -0.15) is 0 Å². The van der Waals surface area contributed by atoms with E-state index in [0.717, 1.165) is 25.1 Å². The van der Waals surface area contributed by atoms with Gasteiger partial charge in [-0.1, -0.05) is 0 Å². The van der Waals surface area contributed by atoms with Crippen LogP contribution in [-0.2, 0) is 4.79 Å². The standard InChI is InChI=1S/C15H22N4O2/c1-3-18-14(20)10-6-7-11(16)13(9-10)19-8-4-5-12(19)15(21)17-2/h6-7,9,12H,3-5,8,16H2,1-2H3,(H,17,21)(H,18,20). The quantitative estimate of drug-likeness (QED) is 0.714. The van der Waals surface area contributed by atoms with Gasteiger partial charge in [0.05, 0.1) is 11.4 Å². The molecule has 1 unspecified atom stereocenters. The highest BCUT2D eigenvalue weighted by molar-refractivity contribution is 5.97. The maximum atomic E-state index is 12.0. The topological polar surface area (TPSA) is 87.5 Å². The van der Waals surface area contributed by atoms with Crippen molar-refractivity contribution in [2.75, 3.05) is 30.8 Å². The molecule has 1 saturated heterocycles. The molecule has 6 nitrogen and oxygen atoms in total. The van der Waals surface area contributed by atoms with Gasteiger partial charge in [-0.3, -0.25) is 9.59 Å². The summed E-state index contributed by atoms with van der Waals surface area (Å²) in [5.74, 6) is -0.148. The maximum Gasteiger partial charge on any atom is 0.251 e. The summed E-state index contributed by atoms with van der Waals surface area (Å²) in [6.45, 7) is 3.21. The van der Waals surface area contributed by atoms with Crippen molar-refractivity contribution in [2.45, 2.75) is 25.8 Å². The lowest BCUT2D eigenvalue weighted by Gasteiger charge is -2.27. The molecule has 21 heavy (non-hydrogen) atoms. The predicted molar refractivity (Wildman–Crippen MR) is 83.3 cm³/mol. The number of carbonyl (C=O) groups is 2. The lowest BCUT2D eigenvalue weighted by atomic mass is 10.1. The van der Waals surface area contributed by atoms with E-state index in [1.165, 1.54) is 0 Å². The Morgan fingerprint density at radius 2 is 2.19 bits per heavy atom. The molecule has 0 saturated carbocycles. The van der Waals surface area contributed by atoms with Crippen LogP contribution in [0.15, 0.2) is 18.2 Å². The molecule has 1 heterocycles. The number of carbonyl (C=O) groups excluding carboxylic acids is 2. The molecule has 1 fully saturated rings. The van der Waals surface area contributed by atoms with Crippen LogP contribution in [-0.4, -0.2) is 38.0 Å². The van der Waals surface area contributed by atoms with Crippen LogP contribution in [0.1, 0.15) is 30.1 Å². The lowest BCUT2D eigenvalue weighted by molar-refractivity contribution is -0.121. The van der Waals surface area contributed by atoms with Gasteiger partial charge < -0.3 is 21.3 Å². The minimum atomic E-state index is -0.221. The second-order valence-corrected chi connectivity index (χ2v) is 5.10. The molecular formula is C15H22N4O2. The highest BCUT2D eigenvalue weighted by Crippen LogP contribution is 2.31. The molecule has 0 radical (unpaired) electrons. The number of nitrogen functional groups attached to an aromatic ring is 1. The Morgan fingerprint density at radius 1 is 1.43 bits per heavy atom. The molecule has 1 aromatic carbocycles. The number of nitrogens with zero attached hydrogens (tertiary/aromatic N) is 1. The zero-order valence-electron chi connectivity index (χ0n) is 12.5. The molecule has 1 atom stereocenters. The van der Waals surface area contributed by atoms with Crippen LogP contribution >= 0.6 is 0 Å². The molecule has 4 N–H and O–H groups in total. The number of hydrogen-bond acceptors (Lipinski definition) is 4. The molecule has 2 amide bonds. The van der Waals surface area contributed by atoms with Crippen molar-refractivity contribution in [3.8, 4) is 0 Å². The number of benzene rings is 1. The zero-order chi connectivity index (χ0) is 15.4. The van der Waals surface area contributed by atoms with Crippen molar-refractivity contribution in [1.82, 2.24) is 10.6 Å². The summed E-state index contributed by atoms with van der Waals surface area (Å²) in [7, 11) is 1.63. The van der Waals surface area contributed by atoms with Gasteiger partial charge in [0.25, 0.3) is 5.91 Å². The fourth-order valence-corrected chi connectivity index (χ4v) is 2.69. The number of hydrogen-bond donors (Lipinski definition) is 3. The van der Waals surface area contributed by atoms with Crippen LogP contribution in [0.3, 0.4) is 0 Å². The first-order valence-corrected chi connectivity index (χ1v) is 7.24. The van der Waals surface area contributed by atoms with Gasteiger partial charge >= 0.3 is 0 Å². The van der Waals surface area contributed by atoms with E-state index in [2.05, 4.69) is 10.6 Å². The number of rotatable bonds is 4. The first-order chi connectivity index (χ1) is 10.1. The molecule has 1 aliphatic rings. The Labute approximate surface area is 124 Å². The summed E-state index contributed by atoms with van der Waals surface area (Å²) in [6.07, 6.45) is 1.73. The Bertz CT molecular complexity index is 544. The minimum Gasteiger partial charge on any atom is -0.397 e. The first-order valence-electron chi connectivity index (χ1n) is 7.24. The summed E-state index contributed by atoms with van der Waals surface area (Å²) in [5.41, 5.74) is 7.94. The third kappa shape index (κ3) is 3.09. The zero-order valence-corrected chi connectivity index (χ0v) is 12.5. The normalized spacial score (nSPS) is 17.6. The van der Waals surface area contributed by atoms with Gasteiger partial charge in [-0.05, 0) is 38.0 Å². The van der Waals surface area contributed by atoms with Crippen LogP contribution in [0, 0.1) is 0 Å². The van der Waals surface area contributed by atoms with Crippen LogP contribution in [0.4, 0.5) is 11.4 Å². The van der Waals surface area contributed by atoms with Crippen molar-refractivity contribution >= 4 is 23.2 Å². The van der Waals surface area contributed by atoms with Crippen LogP contribution < -0.4 is 21.3 Å². The second-order valence-electron chi connectivity index (χ2n) is 5.10. The smallest absolute Gasteiger partial charge is 0.251 e. The maximum absolute atomic E-state index is 12.0. The summed E-state index contributed by atoms with van der Waals surface area (Å²) in [5, 5.41) is 5.45. The minimum absolute atomic E-state index is 0.0182. The highest BCUT2D eigenvalue weighted by Gasteiger charge is 2.31. The van der Waals surface area contributed by atoms with Gasteiger partial charge in [0.2, 0.25) is 5.91 Å². The lowest BCUT2D eigenvalue weighted by Crippen LogP contribution is -2.42. The van der Waals surface area contributed by atoms with E-state index >= 15 is 0 Å². The number of amides is 2. The third-order valence-corrected chi connectivity index (χ3v) is 3.74. The van der Waals surface area contributed by atoms with Crippen molar-refractivity contribution in [2.24, 2.45) is 0 Å². The van der Waals surface area contributed by atoms with E-state index in [0.29, 0.717) is 17.8 Å². The summed E-state index contributed by atoms with van der Waals surface area (Å²) in [4.78, 5) is 25.9. The van der Waals surface area contributed by atoms with Gasteiger partial charge in [0.15, 0.2) is 0 Å². The molecule has 114 valence electrons. The fraction of sp³-hybridized carbons (Fsp3) is 0.467. The van der Waals surface area contributed by atoms with E-state index in [1.807, 2.05) is 11.8 Å². The van der Waals surface area contributed by atoms with Gasteiger partial charge in [-0.25, -0.2) is 0 Å². The number of likely N-dealkylation sites (N-methyl/N-ethyl adjacent to an activating group) is 1. The molecule has 0 spiro atoms. The van der Waals surface area contributed by atoms with Gasteiger partial charge in [0.1, 0.15) is 6.04 Å². The Balaban J connectivity index is 2.32. The predicted octanol–water partition coefficient (Wildman–Crippen LogP) is 0.733. The molecule has 2 rings (SSSR count). The first kappa shape index (κ1) is 15.2. The van der Waals surface area contributed by atoms with Crippen molar-refractivity contribution < 1.29 is 9.59 Å². The van der Waals surface area contributed by atoms with E-state index in [1.54, 1.807) is 25.2 Å². The Morgan fingerprint density at radius 3 is 2.86 bits per heavy atom. The monoisotopic (exact) mass is 290 g/mol. The van der Waals surface area contributed by atoms with E-state index in [4.69, 9.17) is 5.73 Å². The second kappa shape index (κ2) is 6.47. The van der Waals surface area contributed by atoms with Crippen LogP contribution in [0.25, 0.3) is 0 Å². The van der Waals surface area contributed by atoms with Crippen molar-refractivity contribution in [1.29, 1.82) is 0 Å². The summed E-state index contributed by atoms with van der Waals surface area (Å²) < 4.78 is 0. The van der Waals surface area contributed by atoms with Gasteiger partial charge in [0, 0.05) is 25.7 Å². The average Bonchev–Trinajstić information content (AvgIpc) is 2.96. The summed E-state index contributed by atoms with van der Waals surface area (Å²) in [6, 6.07) is 4.97. The number of nitrogens with one attached hydrogen (secondary N) is 2. The Hall–Kier alpha value is -2.24. The molecule has 1 aromatic rings. The largest absolute Gasteiger partial charge is 0.397 e. The molecule has 0 bridgehead atoms. The van der Waals surface area contributed by atoms with Crippen molar-refractivity contribution in [3.63, 3.8) is 0 Å². The number of nitrogens with two attached hydrogens (primary N) is 1. The number of anilines is 2. The van der Waals surface area contributed by atoms with Gasteiger partial charge in [-0.15, -0.1) is 0 Å².